The zero-order valence-electron chi connectivity index (χ0n) is 14.3. The molecule has 128 valence electrons. The van der Waals surface area contributed by atoms with Crippen LogP contribution in [0.25, 0.3) is 10.9 Å². The number of carbonyl (C=O) groups excluding carboxylic acids is 1. The summed E-state index contributed by atoms with van der Waals surface area (Å²) in [5.41, 5.74) is 1.64. The lowest BCUT2D eigenvalue weighted by atomic mass is 9.89. The molecule has 1 amide bonds. The monoisotopic (exact) mass is 327 g/mol. The smallest absolute Gasteiger partial charge is 0.261 e. The summed E-state index contributed by atoms with van der Waals surface area (Å²) in [7, 11) is 0. The molecule has 0 radical (unpaired) electrons. The quantitative estimate of drug-likeness (QED) is 0.918. The van der Waals surface area contributed by atoms with Crippen LogP contribution in [-0.2, 0) is 11.3 Å². The van der Waals surface area contributed by atoms with Crippen molar-refractivity contribution in [2.75, 3.05) is 6.54 Å². The Balaban J connectivity index is 1.58. The van der Waals surface area contributed by atoms with Crippen LogP contribution in [0.5, 0.6) is 0 Å². The average Bonchev–Trinajstić information content (AvgIpc) is 2.61. The predicted octanol–water partition coefficient (Wildman–Crippen LogP) is 2.79. The molecular formula is C19H25N3O2. The van der Waals surface area contributed by atoms with Crippen LogP contribution in [-0.4, -0.2) is 22.0 Å². The fourth-order valence-corrected chi connectivity index (χ4v) is 3.46. The van der Waals surface area contributed by atoms with Crippen LogP contribution < -0.4 is 10.9 Å². The minimum Gasteiger partial charge on any atom is -0.356 e. The highest BCUT2D eigenvalue weighted by Crippen LogP contribution is 2.22. The first-order valence-corrected chi connectivity index (χ1v) is 8.86. The molecule has 0 saturated heterocycles. The molecule has 1 aliphatic carbocycles. The van der Waals surface area contributed by atoms with E-state index in [0.717, 1.165) is 17.6 Å². The van der Waals surface area contributed by atoms with Crippen molar-refractivity contribution in [2.45, 2.75) is 52.0 Å². The highest BCUT2D eigenvalue weighted by Gasteiger charge is 2.14. The summed E-state index contributed by atoms with van der Waals surface area (Å²) >= 11 is 0. The number of aromatic nitrogens is 2. The molecule has 1 saturated carbocycles. The Bertz CT molecular complexity index is 776. The fraction of sp³-hybridized carbons (Fsp3) is 0.526. The molecule has 24 heavy (non-hydrogen) atoms. The topological polar surface area (TPSA) is 64.0 Å². The van der Waals surface area contributed by atoms with Gasteiger partial charge in [0.2, 0.25) is 5.91 Å². The molecule has 1 aromatic heterocycles. The highest BCUT2D eigenvalue weighted by molar-refractivity contribution is 5.80. The zero-order chi connectivity index (χ0) is 16.9. The van der Waals surface area contributed by atoms with Crippen LogP contribution in [0.1, 0.15) is 44.1 Å². The molecule has 0 unspecified atom stereocenters. The van der Waals surface area contributed by atoms with Crippen LogP contribution in [0.3, 0.4) is 0 Å². The van der Waals surface area contributed by atoms with Crippen molar-refractivity contribution in [2.24, 2.45) is 5.92 Å². The summed E-state index contributed by atoms with van der Waals surface area (Å²) in [6, 6.07) is 5.59. The highest BCUT2D eigenvalue weighted by atomic mass is 16.1. The van der Waals surface area contributed by atoms with Crippen molar-refractivity contribution in [1.29, 1.82) is 0 Å². The van der Waals surface area contributed by atoms with E-state index in [0.29, 0.717) is 24.3 Å². The summed E-state index contributed by atoms with van der Waals surface area (Å²) in [4.78, 5) is 28.9. The fourth-order valence-electron chi connectivity index (χ4n) is 3.46. The lowest BCUT2D eigenvalue weighted by Gasteiger charge is -2.21. The van der Waals surface area contributed by atoms with Crippen LogP contribution >= 0.6 is 0 Å². The van der Waals surface area contributed by atoms with Gasteiger partial charge in [-0.25, -0.2) is 4.98 Å². The van der Waals surface area contributed by atoms with E-state index in [1.165, 1.54) is 36.7 Å². The molecule has 0 spiro atoms. The molecular weight excluding hydrogens is 302 g/mol. The standard InChI is InChI=1S/C19H25N3O2/c1-14-6-5-9-16-18(14)21-13-22(19(16)24)11-10-17(23)20-12-15-7-3-2-4-8-15/h5-6,9,13,15H,2-4,7-8,10-12H2,1H3,(H,20,23). The van der Waals surface area contributed by atoms with E-state index in [4.69, 9.17) is 0 Å². The molecule has 5 nitrogen and oxygen atoms in total. The third-order valence-electron chi connectivity index (χ3n) is 4.95. The van der Waals surface area contributed by atoms with E-state index in [2.05, 4.69) is 10.3 Å². The number of aryl methyl sites for hydroxylation is 2. The summed E-state index contributed by atoms with van der Waals surface area (Å²) in [5, 5.41) is 3.62. The number of carbonyl (C=O) groups is 1. The Morgan fingerprint density at radius 3 is 2.88 bits per heavy atom. The first-order chi connectivity index (χ1) is 11.6. The normalized spacial score (nSPS) is 15.5. The van der Waals surface area contributed by atoms with Crippen LogP contribution in [0.4, 0.5) is 0 Å². The molecule has 1 aliphatic rings. The van der Waals surface area contributed by atoms with Crippen LogP contribution in [0.15, 0.2) is 29.3 Å². The first-order valence-electron chi connectivity index (χ1n) is 8.86. The second-order valence-electron chi connectivity index (χ2n) is 6.77. The van der Waals surface area contributed by atoms with E-state index in [1.54, 1.807) is 12.4 Å². The van der Waals surface area contributed by atoms with Crippen molar-refractivity contribution in [3.8, 4) is 0 Å². The average molecular weight is 327 g/mol. The second-order valence-corrected chi connectivity index (χ2v) is 6.77. The Kier molecular flexibility index (Phi) is 5.28. The Labute approximate surface area is 142 Å². The van der Waals surface area contributed by atoms with E-state index in [9.17, 15) is 9.59 Å². The lowest BCUT2D eigenvalue weighted by molar-refractivity contribution is -0.121. The van der Waals surface area contributed by atoms with Gasteiger partial charge in [-0.15, -0.1) is 0 Å². The van der Waals surface area contributed by atoms with Gasteiger partial charge in [-0.3, -0.25) is 14.2 Å². The van der Waals surface area contributed by atoms with Gasteiger partial charge in [-0.1, -0.05) is 31.4 Å². The minimum atomic E-state index is -0.0798. The lowest BCUT2D eigenvalue weighted by Crippen LogP contribution is -2.32. The number of para-hydroxylation sites is 1. The Morgan fingerprint density at radius 2 is 2.08 bits per heavy atom. The molecule has 3 rings (SSSR count). The maximum Gasteiger partial charge on any atom is 0.261 e. The number of benzene rings is 1. The number of hydrogen-bond acceptors (Lipinski definition) is 3. The third-order valence-corrected chi connectivity index (χ3v) is 4.95. The number of amides is 1. The van der Waals surface area contributed by atoms with Crippen molar-refractivity contribution in [1.82, 2.24) is 14.9 Å². The molecule has 1 N–H and O–H groups in total. The third kappa shape index (κ3) is 3.83. The Hall–Kier alpha value is -2.17. The zero-order valence-corrected chi connectivity index (χ0v) is 14.3. The molecule has 1 aromatic carbocycles. The van der Waals surface area contributed by atoms with Gasteiger partial charge < -0.3 is 5.32 Å². The maximum atomic E-state index is 12.5. The number of nitrogens with zero attached hydrogens (tertiary/aromatic N) is 2. The SMILES string of the molecule is Cc1cccc2c(=O)n(CCC(=O)NCC3CCCCC3)cnc12. The summed E-state index contributed by atoms with van der Waals surface area (Å²) < 4.78 is 1.53. The molecule has 0 aliphatic heterocycles. The van der Waals surface area contributed by atoms with Gasteiger partial charge >= 0.3 is 0 Å². The number of nitrogens with one attached hydrogen (secondary N) is 1. The van der Waals surface area contributed by atoms with Crippen molar-refractivity contribution >= 4 is 16.8 Å². The van der Waals surface area contributed by atoms with E-state index in [1.807, 2.05) is 19.1 Å². The minimum absolute atomic E-state index is 0.0109. The van der Waals surface area contributed by atoms with Gasteiger partial charge in [0.25, 0.3) is 5.56 Å². The van der Waals surface area contributed by atoms with E-state index >= 15 is 0 Å². The number of fused-ring (bicyclic) bond motifs is 1. The van der Waals surface area contributed by atoms with Gasteiger partial charge in [-0.05, 0) is 37.3 Å². The molecule has 5 heteroatoms. The molecule has 0 atom stereocenters. The van der Waals surface area contributed by atoms with Crippen molar-refractivity contribution in [3.63, 3.8) is 0 Å². The summed E-state index contributed by atoms with van der Waals surface area (Å²) in [6.07, 6.45) is 8.16. The van der Waals surface area contributed by atoms with Gasteiger partial charge in [0, 0.05) is 19.5 Å². The van der Waals surface area contributed by atoms with Gasteiger partial charge in [0.1, 0.15) is 0 Å². The predicted molar refractivity (Wildman–Crippen MR) is 94.9 cm³/mol. The molecule has 1 heterocycles. The van der Waals surface area contributed by atoms with Crippen LogP contribution in [0.2, 0.25) is 0 Å². The molecule has 1 fully saturated rings. The van der Waals surface area contributed by atoms with E-state index in [-0.39, 0.29) is 11.5 Å². The first kappa shape index (κ1) is 16.7. The largest absolute Gasteiger partial charge is 0.356 e. The maximum absolute atomic E-state index is 12.5. The van der Waals surface area contributed by atoms with Gasteiger partial charge in [0.15, 0.2) is 0 Å². The summed E-state index contributed by atoms with van der Waals surface area (Å²) in [5.74, 6) is 0.632. The Morgan fingerprint density at radius 1 is 1.29 bits per heavy atom. The molecule has 0 bridgehead atoms. The summed E-state index contributed by atoms with van der Waals surface area (Å²) in [6.45, 7) is 3.08. The number of rotatable bonds is 5. The van der Waals surface area contributed by atoms with Gasteiger partial charge in [-0.2, -0.15) is 0 Å². The van der Waals surface area contributed by atoms with Gasteiger partial charge in [0.05, 0.1) is 17.2 Å². The molecule has 2 aromatic rings. The van der Waals surface area contributed by atoms with Crippen molar-refractivity contribution < 1.29 is 4.79 Å². The number of hydrogen-bond donors (Lipinski definition) is 1. The van der Waals surface area contributed by atoms with Crippen molar-refractivity contribution in [3.05, 3.63) is 40.4 Å². The van der Waals surface area contributed by atoms with E-state index < -0.39 is 0 Å². The second kappa shape index (κ2) is 7.60. The van der Waals surface area contributed by atoms with Crippen LogP contribution in [0, 0.1) is 12.8 Å².